The van der Waals surface area contributed by atoms with Gasteiger partial charge in [0.2, 0.25) is 0 Å². The minimum atomic E-state index is -4.79. The molecule has 15 nitrogen and oxygen atoms in total. The molecular formula is C44H76NO14P. The zero-order valence-electron chi connectivity index (χ0n) is 36.1. The van der Waals surface area contributed by atoms with Crippen LogP contribution in [0.1, 0.15) is 149 Å². The number of phosphoric ester groups is 1. The van der Waals surface area contributed by atoms with E-state index in [1.165, 1.54) is 19.3 Å². The zero-order chi connectivity index (χ0) is 44.4. The highest BCUT2D eigenvalue weighted by molar-refractivity contribution is 7.47. The highest BCUT2D eigenvalue weighted by atomic mass is 31.2. The molecule has 0 radical (unpaired) electrons. The molecule has 0 amide bonds. The first kappa shape index (κ1) is 55.3. The Hall–Kier alpha value is -2.72. The molecule has 0 bridgehead atoms. The second-order valence-electron chi connectivity index (χ2n) is 15.4. The Morgan fingerprint density at radius 3 is 2.08 bits per heavy atom. The van der Waals surface area contributed by atoms with Gasteiger partial charge in [-0.05, 0) is 64.2 Å². The van der Waals surface area contributed by atoms with E-state index in [1.807, 2.05) is 12.2 Å². The lowest BCUT2D eigenvalue weighted by molar-refractivity contribution is -0.199. The highest BCUT2D eigenvalue weighted by Gasteiger charge is 2.35. The van der Waals surface area contributed by atoms with Crippen LogP contribution in [-0.4, -0.2) is 99.8 Å². The van der Waals surface area contributed by atoms with Gasteiger partial charge < -0.3 is 45.3 Å². The van der Waals surface area contributed by atoms with Gasteiger partial charge in [0.05, 0.1) is 31.5 Å². The van der Waals surface area contributed by atoms with E-state index in [4.69, 9.17) is 29.6 Å². The lowest BCUT2D eigenvalue weighted by atomic mass is 9.87. The first-order chi connectivity index (χ1) is 28.8. The van der Waals surface area contributed by atoms with Crippen LogP contribution in [0.15, 0.2) is 48.6 Å². The summed E-state index contributed by atoms with van der Waals surface area (Å²) in [4.78, 5) is 46.2. The quantitative estimate of drug-likeness (QED) is 0.0155. The molecule has 8 atom stereocenters. The molecule has 0 aromatic heterocycles. The molecule has 0 spiro atoms. The van der Waals surface area contributed by atoms with Crippen molar-refractivity contribution in [1.82, 2.24) is 0 Å². The topological polar surface area (TPSA) is 242 Å². The van der Waals surface area contributed by atoms with Crippen LogP contribution in [0, 0.1) is 5.92 Å². The lowest BCUT2D eigenvalue weighted by Crippen LogP contribution is -2.43. The van der Waals surface area contributed by atoms with E-state index in [-0.39, 0.29) is 25.2 Å². The van der Waals surface area contributed by atoms with E-state index in [9.17, 15) is 39.2 Å². The largest absolute Gasteiger partial charge is 0.480 e. The van der Waals surface area contributed by atoms with Crippen LogP contribution in [-0.2, 0) is 42.2 Å². The number of carbonyl (C=O) groups excluding carboxylic acids is 2. The van der Waals surface area contributed by atoms with Crippen molar-refractivity contribution in [3.8, 4) is 0 Å². The van der Waals surface area contributed by atoms with Gasteiger partial charge in [-0.15, -0.1) is 0 Å². The van der Waals surface area contributed by atoms with E-state index in [2.05, 4.69) is 42.7 Å². The van der Waals surface area contributed by atoms with E-state index < -0.39 is 82.3 Å². The second kappa shape index (κ2) is 34.8. The van der Waals surface area contributed by atoms with Gasteiger partial charge in [-0.3, -0.25) is 23.4 Å². The van der Waals surface area contributed by atoms with Crippen LogP contribution >= 0.6 is 7.82 Å². The predicted molar refractivity (Wildman–Crippen MR) is 229 cm³/mol. The summed E-state index contributed by atoms with van der Waals surface area (Å²) in [5.41, 5.74) is 5.33. The van der Waals surface area contributed by atoms with Crippen molar-refractivity contribution in [2.75, 3.05) is 19.8 Å². The molecule has 0 aromatic carbocycles. The number of carboxylic acids is 1. The summed E-state index contributed by atoms with van der Waals surface area (Å²) in [5.74, 6) is -2.97. The molecule has 1 aliphatic rings. The molecule has 0 saturated carbocycles. The van der Waals surface area contributed by atoms with Gasteiger partial charge in [-0.25, -0.2) is 4.57 Å². The predicted octanol–water partition coefficient (Wildman–Crippen LogP) is 7.50. The molecule has 60 heavy (non-hydrogen) atoms. The van der Waals surface area contributed by atoms with Crippen molar-refractivity contribution in [2.45, 2.75) is 185 Å². The molecule has 0 aromatic rings. The smallest absolute Gasteiger partial charge is 0.472 e. The first-order valence-corrected chi connectivity index (χ1v) is 23.6. The molecule has 16 heteroatoms. The number of hydrogen-bond acceptors (Lipinski definition) is 13. The van der Waals surface area contributed by atoms with E-state index >= 15 is 0 Å². The number of aliphatic hydroxyl groups is 3. The molecule has 1 saturated heterocycles. The normalized spacial score (nSPS) is 21.1. The number of rotatable bonds is 36. The van der Waals surface area contributed by atoms with Crippen molar-refractivity contribution < 1.29 is 67.5 Å². The summed E-state index contributed by atoms with van der Waals surface area (Å²) in [6.07, 6.45) is 27.9. The van der Waals surface area contributed by atoms with Crippen LogP contribution in [0.4, 0.5) is 0 Å². The number of carbonyl (C=O) groups is 3. The van der Waals surface area contributed by atoms with E-state index in [0.717, 1.165) is 64.2 Å². The molecular weight excluding hydrogens is 797 g/mol. The third-order valence-electron chi connectivity index (χ3n) is 9.84. The average molecular weight is 874 g/mol. The van der Waals surface area contributed by atoms with Crippen molar-refractivity contribution in [3.63, 3.8) is 0 Å². The van der Waals surface area contributed by atoms with Crippen LogP contribution in [0.25, 0.3) is 0 Å². The molecule has 1 heterocycles. The second-order valence-corrected chi connectivity index (χ2v) is 16.8. The summed E-state index contributed by atoms with van der Waals surface area (Å²) in [7, 11) is -4.79. The Bertz CT molecular complexity index is 1320. The van der Waals surface area contributed by atoms with Gasteiger partial charge in [0.25, 0.3) is 0 Å². The summed E-state index contributed by atoms with van der Waals surface area (Å²) < 4.78 is 38.3. The zero-order valence-corrected chi connectivity index (χ0v) is 37.0. The Morgan fingerprint density at radius 2 is 1.38 bits per heavy atom. The monoisotopic (exact) mass is 874 g/mol. The van der Waals surface area contributed by atoms with Gasteiger partial charge in [0, 0.05) is 25.2 Å². The SMILES string of the molecule is CCCCC/C=C\C/C=C\CCCCCCCC(=O)O[C@H](COC(=O)CCC/C=C\C[C@H]1[C@@H](O)CC(O)O[C@@H]1/C=C/[C@@H](O)CCCCC)COP(=O)(O)OC[C@H](N)C(=O)O. The standard InChI is InChI=1S/C44H76NO14P/c1-3-5-7-8-9-10-11-12-13-14-15-16-17-18-24-28-42(49)58-36(33-56-60(53,54)57-34-38(45)44(51)52)32-55-41(48)27-23-20-19-22-26-37-39(47)31-43(50)59-40(37)30-29-35(46)25-21-6-4-2/h9-10,12-13,19,22,29-30,35-40,43,46-47,50H,3-8,11,14-18,20-21,23-28,31-34,45H2,1-2H3,(H,51,52)(H,53,54)/b10-9-,13-12-,22-19-,30-29+/t35-,36+,37-,38-,39-,40+,43?/m0/s1. The fourth-order valence-electron chi connectivity index (χ4n) is 6.25. The first-order valence-electron chi connectivity index (χ1n) is 22.1. The number of aliphatic carboxylic acids is 1. The number of allylic oxidation sites excluding steroid dienone is 6. The Balaban J connectivity index is 2.55. The van der Waals surface area contributed by atoms with Crippen molar-refractivity contribution in [2.24, 2.45) is 11.7 Å². The van der Waals surface area contributed by atoms with Gasteiger partial charge in [0.1, 0.15) is 12.6 Å². The average Bonchev–Trinajstić information content (AvgIpc) is 3.20. The minimum Gasteiger partial charge on any atom is -0.480 e. The van der Waals surface area contributed by atoms with E-state index in [0.29, 0.717) is 32.1 Å². The molecule has 0 aliphatic carbocycles. The van der Waals surface area contributed by atoms with E-state index in [1.54, 1.807) is 12.2 Å². The van der Waals surface area contributed by atoms with Crippen LogP contribution < -0.4 is 5.73 Å². The summed E-state index contributed by atoms with van der Waals surface area (Å²) in [6.45, 7) is 2.37. The van der Waals surface area contributed by atoms with Crippen LogP contribution in [0.5, 0.6) is 0 Å². The molecule has 1 aliphatic heterocycles. The molecule has 1 rings (SSSR count). The number of esters is 2. The number of nitrogens with two attached hydrogens (primary N) is 1. The van der Waals surface area contributed by atoms with Gasteiger partial charge in [-0.2, -0.15) is 0 Å². The molecule has 2 unspecified atom stereocenters. The van der Waals surface area contributed by atoms with Gasteiger partial charge >= 0.3 is 25.7 Å². The van der Waals surface area contributed by atoms with Crippen molar-refractivity contribution >= 4 is 25.7 Å². The summed E-state index contributed by atoms with van der Waals surface area (Å²) in [5, 5.41) is 39.8. The fraction of sp³-hybridized carbons (Fsp3) is 0.750. The summed E-state index contributed by atoms with van der Waals surface area (Å²) in [6, 6.07) is -1.57. The Kier molecular flexibility index (Phi) is 32.1. The molecule has 346 valence electrons. The number of unbranched alkanes of at least 4 members (excludes halogenated alkanes) is 11. The molecule has 1 fully saturated rings. The minimum absolute atomic E-state index is 0.0230. The van der Waals surface area contributed by atoms with Crippen molar-refractivity contribution in [3.05, 3.63) is 48.6 Å². The van der Waals surface area contributed by atoms with Crippen LogP contribution in [0.2, 0.25) is 0 Å². The maximum Gasteiger partial charge on any atom is 0.472 e. The molecule has 7 N–H and O–H groups in total. The number of ether oxygens (including phenoxy) is 3. The third-order valence-corrected chi connectivity index (χ3v) is 10.8. The number of phosphoric acid groups is 1. The maximum absolute atomic E-state index is 12.7. The Labute approximate surface area is 358 Å². The Morgan fingerprint density at radius 1 is 0.783 bits per heavy atom. The maximum atomic E-state index is 12.7. The van der Waals surface area contributed by atoms with Gasteiger partial charge in [-0.1, -0.05) is 114 Å². The lowest BCUT2D eigenvalue weighted by Gasteiger charge is -2.36. The highest BCUT2D eigenvalue weighted by Crippen LogP contribution is 2.43. The summed E-state index contributed by atoms with van der Waals surface area (Å²) >= 11 is 0. The number of aliphatic hydroxyl groups excluding tert-OH is 3. The third kappa shape index (κ3) is 29.5. The number of carboxylic acid groups (broad SMARTS) is 1. The number of hydrogen-bond donors (Lipinski definition) is 6. The van der Waals surface area contributed by atoms with Gasteiger partial charge in [0.15, 0.2) is 12.4 Å². The van der Waals surface area contributed by atoms with Crippen molar-refractivity contribution in [1.29, 1.82) is 0 Å². The van der Waals surface area contributed by atoms with Crippen LogP contribution in [0.3, 0.4) is 0 Å². The fourth-order valence-corrected chi connectivity index (χ4v) is 7.03.